The summed E-state index contributed by atoms with van der Waals surface area (Å²) in [4.78, 5) is 0. The van der Waals surface area contributed by atoms with Gasteiger partial charge in [0.25, 0.3) is 0 Å². The second-order valence-electron chi connectivity index (χ2n) is 6.98. The molecule has 1 aromatic rings. The standard InChI is InChI=1S/C18H27NO2/c1-18(2)12-21-17-9-6-13(11-15(17)18)16(19-3)8-7-14-5-4-10-20-14/h6,9,11,14,16,19H,4-5,7-8,10,12H2,1-3H3. The van der Waals surface area contributed by atoms with Crippen LogP contribution in [0.3, 0.4) is 0 Å². The van der Waals surface area contributed by atoms with Crippen LogP contribution in [0.25, 0.3) is 0 Å². The molecule has 1 saturated heterocycles. The zero-order valence-electron chi connectivity index (χ0n) is 13.4. The molecule has 0 bridgehead atoms. The van der Waals surface area contributed by atoms with Crippen molar-refractivity contribution >= 4 is 0 Å². The molecule has 2 heterocycles. The van der Waals surface area contributed by atoms with Crippen LogP contribution in [0, 0.1) is 0 Å². The second kappa shape index (κ2) is 5.98. The number of rotatable bonds is 5. The fourth-order valence-electron chi connectivity index (χ4n) is 3.46. The van der Waals surface area contributed by atoms with E-state index in [9.17, 15) is 0 Å². The van der Waals surface area contributed by atoms with Gasteiger partial charge in [-0.3, -0.25) is 0 Å². The smallest absolute Gasteiger partial charge is 0.123 e. The van der Waals surface area contributed by atoms with E-state index < -0.39 is 0 Å². The van der Waals surface area contributed by atoms with Crippen molar-refractivity contribution in [1.29, 1.82) is 0 Å². The molecule has 0 aromatic heterocycles. The first-order valence-electron chi connectivity index (χ1n) is 8.16. The molecule has 1 N–H and O–H groups in total. The summed E-state index contributed by atoms with van der Waals surface area (Å²) in [5.41, 5.74) is 2.84. The minimum absolute atomic E-state index is 0.123. The summed E-state index contributed by atoms with van der Waals surface area (Å²) < 4.78 is 11.5. The summed E-state index contributed by atoms with van der Waals surface area (Å²) in [5, 5.41) is 3.46. The molecule has 116 valence electrons. The molecule has 3 nitrogen and oxygen atoms in total. The summed E-state index contributed by atoms with van der Waals surface area (Å²) in [5.74, 6) is 1.05. The molecule has 2 unspecified atom stereocenters. The SMILES string of the molecule is CNC(CCC1CCCO1)c1ccc2c(c1)C(C)(C)CO2. The lowest BCUT2D eigenvalue weighted by Crippen LogP contribution is -2.21. The highest BCUT2D eigenvalue weighted by Gasteiger charge is 2.32. The van der Waals surface area contributed by atoms with Crippen molar-refractivity contribution in [2.45, 2.75) is 57.1 Å². The van der Waals surface area contributed by atoms with Crippen LogP contribution in [0.5, 0.6) is 5.75 Å². The third kappa shape index (κ3) is 3.09. The van der Waals surface area contributed by atoms with E-state index in [1.807, 2.05) is 0 Å². The number of hydrogen-bond donors (Lipinski definition) is 1. The van der Waals surface area contributed by atoms with Crippen LogP contribution in [0.1, 0.15) is 56.7 Å². The van der Waals surface area contributed by atoms with E-state index in [-0.39, 0.29) is 5.41 Å². The molecule has 3 heteroatoms. The minimum atomic E-state index is 0.123. The topological polar surface area (TPSA) is 30.5 Å². The number of benzene rings is 1. The fraction of sp³-hybridized carbons (Fsp3) is 0.667. The molecule has 0 amide bonds. The molecule has 2 aliphatic rings. The Bertz CT molecular complexity index is 492. The highest BCUT2D eigenvalue weighted by molar-refractivity contribution is 5.45. The predicted octanol–water partition coefficient (Wildman–Crippen LogP) is 3.58. The van der Waals surface area contributed by atoms with Gasteiger partial charge in [0.05, 0.1) is 12.7 Å². The van der Waals surface area contributed by atoms with Crippen molar-refractivity contribution in [3.8, 4) is 5.75 Å². The molecule has 0 spiro atoms. The second-order valence-corrected chi connectivity index (χ2v) is 6.98. The van der Waals surface area contributed by atoms with E-state index in [1.54, 1.807) is 0 Å². The number of hydrogen-bond acceptors (Lipinski definition) is 3. The van der Waals surface area contributed by atoms with Gasteiger partial charge in [-0.05, 0) is 50.4 Å². The largest absolute Gasteiger partial charge is 0.492 e. The van der Waals surface area contributed by atoms with Crippen LogP contribution in [0.2, 0.25) is 0 Å². The molecule has 2 atom stereocenters. The van der Waals surface area contributed by atoms with E-state index >= 15 is 0 Å². The zero-order valence-corrected chi connectivity index (χ0v) is 13.4. The van der Waals surface area contributed by atoms with Crippen molar-refractivity contribution < 1.29 is 9.47 Å². The van der Waals surface area contributed by atoms with Gasteiger partial charge < -0.3 is 14.8 Å². The number of nitrogens with one attached hydrogen (secondary N) is 1. The lowest BCUT2D eigenvalue weighted by atomic mass is 9.85. The Hall–Kier alpha value is -1.06. The molecule has 3 rings (SSSR count). The summed E-state index contributed by atoms with van der Waals surface area (Å²) >= 11 is 0. The molecular weight excluding hydrogens is 262 g/mol. The normalized spacial score (nSPS) is 24.6. The van der Waals surface area contributed by atoms with Gasteiger partial charge in [0, 0.05) is 23.6 Å². The number of ether oxygens (including phenoxy) is 2. The van der Waals surface area contributed by atoms with Crippen molar-refractivity contribution in [2.24, 2.45) is 0 Å². The van der Waals surface area contributed by atoms with Crippen LogP contribution in [0.4, 0.5) is 0 Å². The summed E-state index contributed by atoms with van der Waals surface area (Å²) in [6.45, 7) is 6.23. The first-order valence-corrected chi connectivity index (χ1v) is 8.16. The first-order chi connectivity index (χ1) is 10.1. The molecule has 2 aliphatic heterocycles. The van der Waals surface area contributed by atoms with E-state index in [2.05, 4.69) is 44.4 Å². The molecule has 1 aromatic carbocycles. The van der Waals surface area contributed by atoms with Crippen molar-refractivity contribution in [1.82, 2.24) is 5.32 Å². The average molecular weight is 289 g/mol. The van der Waals surface area contributed by atoms with Gasteiger partial charge in [-0.15, -0.1) is 0 Å². The molecule has 21 heavy (non-hydrogen) atoms. The Morgan fingerprint density at radius 3 is 2.95 bits per heavy atom. The Morgan fingerprint density at radius 1 is 1.38 bits per heavy atom. The van der Waals surface area contributed by atoms with Gasteiger partial charge in [-0.25, -0.2) is 0 Å². The van der Waals surface area contributed by atoms with Gasteiger partial charge in [-0.2, -0.15) is 0 Å². The predicted molar refractivity (Wildman–Crippen MR) is 85.0 cm³/mol. The first kappa shape index (κ1) is 14.9. The number of fused-ring (bicyclic) bond motifs is 1. The maximum absolute atomic E-state index is 5.78. The van der Waals surface area contributed by atoms with E-state index in [1.165, 1.54) is 24.0 Å². The van der Waals surface area contributed by atoms with E-state index in [0.717, 1.165) is 31.8 Å². The summed E-state index contributed by atoms with van der Waals surface area (Å²) in [7, 11) is 2.05. The van der Waals surface area contributed by atoms with Crippen LogP contribution < -0.4 is 10.1 Å². The molecule has 0 saturated carbocycles. The van der Waals surface area contributed by atoms with Crippen molar-refractivity contribution in [3.63, 3.8) is 0 Å². The van der Waals surface area contributed by atoms with Gasteiger partial charge in [0.2, 0.25) is 0 Å². The summed E-state index contributed by atoms with van der Waals surface area (Å²) in [6.07, 6.45) is 5.18. The zero-order chi connectivity index (χ0) is 14.9. The maximum Gasteiger partial charge on any atom is 0.123 e. The van der Waals surface area contributed by atoms with E-state index in [4.69, 9.17) is 9.47 Å². The monoisotopic (exact) mass is 289 g/mol. The van der Waals surface area contributed by atoms with E-state index in [0.29, 0.717) is 12.1 Å². The molecular formula is C18H27NO2. The van der Waals surface area contributed by atoms with Crippen molar-refractivity contribution in [3.05, 3.63) is 29.3 Å². The Kier molecular flexibility index (Phi) is 4.23. The highest BCUT2D eigenvalue weighted by Crippen LogP contribution is 2.40. The molecule has 0 aliphatic carbocycles. The van der Waals surface area contributed by atoms with Gasteiger partial charge in [0.15, 0.2) is 0 Å². The highest BCUT2D eigenvalue weighted by atomic mass is 16.5. The van der Waals surface area contributed by atoms with Gasteiger partial charge in [-0.1, -0.05) is 19.9 Å². The summed E-state index contributed by atoms with van der Waals surface area (Å²) in [6, 6.07) is 7.07. The van der Waals surface area contributed by atoms with Gasteiger partial charge in [0.1, 0.15) is 5.75 Å². The minimum Gasteiger partial charge on any atom is -0.492 e. The quantitative estimate of drug-likeness (QED) is 0.899. The maximum atomic E-state index is 5.78. The fourth-order valence-corrected chi connectivity index (χ4v) is 3.46. The Balaban J connectivity index is 1.72. The molecule has 0 radical (unpaired) electrons. The van der Waals surface area contributed by atoms with Crippen LogP contribution in [0.15, 0.2) is 18.2 Å². The van der Waals surface area contributed by atoms with Crippen molar-refractivity contribution in [2.75, 3.05) is 20.3 Å². The average Bonchev–Trinajstić information content (AvgIpc) is 3.09. The van der Waals surface area contributed by atoms with Crippen LogP contribution >= 0.6 is 0 Å². The van der Waals surface area contributed by atoms with Crippen LogP contribution in [-0.2, 0) is 10.2 Å². The third-order valence-corrected chi connectivity index (χ3v) is 4.87. The Labute approximate surface area is 128 Å². The lowest BCUT2D eigenvalue weighted by Gasteiger charge is -2.21. The Morgan fingerprint density at radius 2 is 2.24 bits per heavy atom. The van der Waals surface area contributed by atoms with Gasteiger partial charge >= 0.3 is 0 Å². The lowest BCUT2D eigenvalue weighted by molar-refractivity contribution is 0.0998. The third-order valence-electron chi connectivity index (χ3n) is 4.87. The molecule has 1 fully saturated rings. The van der Waals surface area contributed by atoms with Crippen LogP contribution in [-0.4, -0.2) is 26.4 Å².